The van der Waals surface area contributed by atoms with Crippen LogP contribution in [0.1, 0.15) is 39.3 Å². The third kappa shape index (κ3) is 3.09. The van der Waals surface area contributed by atoms with E-state index in [9.17, 15) is 19.7 Å². The molecule has 1 heterocycles. The number of rotatable bonds is 4. The lowest BCUT2D eigenvalue weighted by Crippen LogP contribution is -2.54. The van der Waals surface area contributed by atoms with Crippen LogP contribution < -0.4 is 4.90 Å². The van der Waals surface area contributed by atoms with E-state index in [0.29, 0.717) is 5.69 Å². The van der Waals surface area contributed by atoms with Crippen LogP contribution in [0.15, 0.2) is 96.0 Å². The molecule has 1 saturated heterocycles. The smallest absolute Gasteiger partial charge is 0.274 e. The van der Waals surface area contributed by atoms with Crippen LogP contribution in [-0.4, -0.2) is 23.0 Å². The van der Waals surface area contributed by atoms with Gasteiger partial charge >= 0.3 is 0 Å². The Labute approximate surface area is 231 Å². The second kappa shape index (κ2) is 8.55. The largest absolute Gasteiger partial charge is 0.294 e. The molecule has 8 rings (SSSR count). The highest BCUT2D eigenvalue weighted by molar-refractivity contribution is 6.25. The van der Waals surface area contributed by atoms with Gasteiger partial charge in [-0.15, -0.1) is 0 Å². The third-order valence-corrected chi connectivity index (χ3v) is 8.76. The van der Waals surface area contributed by atoms with Crippen LogP contribution in [0.4, 0.5) is 17.1 Å². The van der Waals surface area contributed by atoms with Gasteiger partial charge in [-0.3, -0.25) is 24.7 Å². The average molecular weight is 528 g/mol. The molecule has 196 valence electrons. The van der Waals surface area contributed by atoms with E-state index < -0.39 is 22.2 Å². The number of hydrogen-bond donors (Lipinski definition) is 0. The van der Waals surface area contributed by atoms with Crippen LogP contribution in [0.3, 0.4) is 0 Å². The summed E-state index contributed by atoms with van der Waals surface area (Å²) in [4.78, 5) is 46.3. The summed E-state index contributed by atoms with van der Waals surface area (Å²) in [6, 6.07) is 27.8. The predicted molar refractivity (Wildman–Crippen MR) is 152 cm³/mol. The van der Waals surface area contributed by atoms with E-state index in [1.54, 1.807) is 24.4 Å². The second-order valence-corrected chi connectivity index (χ2v) is 10.8. The Hall–Kier alpha value is -4.91. The maximum Gasteiger partial charge on any atom is 0.294 e. The van der Waals surface area contributed by atoms with Gasteiger partial charge in [0.2, 0.25) is 11.8 Å². The molecule has 1 fully saturated rings. The Kier molecular flexibility index (Phi) is 5.16. The lowest BCUT2D eigenvalue weighted by molar-refractivity contribution is -0.384. The van der Waals surface area contributed by atoms with E-state index in [-0.39, 0.29) is 29.1 Å². The van der Waals surface area contributed by atoms with E-state index in [4.69, 9.17) is 4.99 Å². The zero-order valence-electron chi connectivity index (χ0n) is 21.9. The molecule has 0 aromatic heterocycles. The maximum absolute atomic E-state index is 14.5. The van der Waals surface area contributed by atoms with E-state index in [0.717, 1.165) is 33.4 Å². The van der Waals surface area contributed by atoms with Crippen molar-refractivity contribution in [2.24, 2.45) is 16.8 Å². The fraction of sp³-hybridized carbons (Fsp3) is 0.182. The normalized spacial score (nSPS) is 24.2. The molecule has 0 saturated carbocycles. The van der Waals surface area contributed by atoms with Crippen molar-refractivity contribution in [1.29, 1.82) is 0 Å². The van der Waals surface area contributed by atoms with Crippen molar-refractivity contribution in [3.63, 3.8) is 0 Å². The van der Waals surface area contributed by atoms with Gasteiger partial charge in [0, 0.05) is 18.2 Å². The minimum Gasteiger partial charge on any atom is -0.274 e. The summed E-state index contributed by atoms with van der Waals surface area (Å²) in [5.41, 5.74) is 5.27. The van der Waals surface area contributed by atoms with E-state index in [1.807, 2.05) is 80.6 Å². The van der Waals surface area contributed by atoms with E-state index >= 15 is 0 Å². The molecule has 2 atom stereocenters. The molecule has 3 aliphatic carbocycles. The van der Waals surface area contributed by atoms with Crippen molar-refractivity contribution in [2.45, 2.75) is 25.2 Å². The summed E-state index contributed by atoms with van der Waals surface area (Å²) in [6.07, 6.45) is 1.69. The number of nitro benzene ring substituents is 1. The Bertz CT molecular complexity index is 1740. The van der Waals surface area contributed by atoms with Gasteiger partial charge in [-0.25, -0.2) is 4.90 Å². The van der Waals surface area contributed by atoms with Gasteiger partial charge in [0.1, 0.15) is 5.69 Å². The molecule has 7 heteroatoms. The number of benzene rings is 4. The van der Waals surface area contributed by atoms with E-state index in [2.05, 4.69) is 0 Å². The molecule has 0 spiro atoms. The van der Waals surface area contributed by atoms with E-state index in [1.165, 1.54) is 11.0 Å². The van der Waals surface area contributed by atoms with Crippen LogP contribution >= 0.6 is 0 Å². The van der Waals surface area contributed by atoms with Gasteiger partial charge in [-0.1, -0.05) is 78.4 Å². The van der Waals surface area contributed by atoms with Crippen LogP contribution in [0.5, 0.6) is 0 Å². The van der Waals surface area contributed by atoms with Crippen molar-refractivity contribution in [3.8, 4) is 0 Å². The van der Waals surface area contributed by atoms with Crippen LogP contribution in [0.25, 0.3) is 0 Å². The summed E-state index contributed by atoms with van der Waals surface area (Å²) in [6.45, 7) is 3.89. The number of amides is 2. The van der Waals surface area contributed by atoms with Gasteiger partial charge in [0.25, 0.3) is 5.69 Å². The number of nitro groups is 1. The fourth-order valence-electron chi connectivity index (χ4n) is 7.24. The molecule has 0 radical (unpaired) electrons. The summed E-state index contributed by atoms with van der Waals surface area (Å²) >= 11 is 0. The van der Waals surface area contributed by atoms with Gasteiger partial charge in [-0.05, 0) is 53.8 Å². The lowest BCUT2D eigenvalue weighted by Gasteiger charge is -2.52. The van der Waals surface area contributed by atoms with Crippen molar-refractivity contribution < 1.29 is 14.5 Å². The summed E-state index contributed by atoms with van der Waals surface area (Å²) < 4.78 is 0. The first-order valence-corrected chi connectivity index (χ1v) is 13.3. The SMILES string of the molecule is Cc1ccc(N2C(=O)[C@@H]3C4c5ccccc5C(C=Nc5ccccc5[N+](=O)[O-])(c5ccccc54)[C@H]3C2=O)c(C)c1. The predicted octanol–water partition coefficient (Wildman–Crippen LogP) is 6.16. The van der Waals surface area contributed by atoms with Crippen molar-refractivity contribution in [2.75, 3.05) is 4.90 Å². The molecule has 0 N–H and O–H groups in total. The number of imide groups is 1. The van der Waals surface area contributed by atoms with Crippen molar-refractivity contribution >= 4 is 35.1 Å². The highest BCUT2D eigenvalue weighted by Crippen LogP contribution is 2.64. The van der Waals surface area contributed by atoms with Crippen LogP contribution in [0.2, 0.25) is 0 Å². The number of aliphatic imine (C=N–C) groups is 1. The number of anilines is 1. The minimum atomic E-state index is -1.09. The molecule has 2 amide bonds. The molecule has 7 nitrogen and oxygen atoms in total. The number of hydrogen-bond acceptors (Lipinski definition) is 5. The summed E-state index contributed by atoms with van der Waals surface area (Å²) in [5, 5.41) is 11.8. The zero-order chi connectivity index (χ0) is 27.8. The first kappa shape index (κ1) is 24.2. The van der Waals surface area contributed by atoms with Gasteiger partial charge in [-0.2, -0.15) is 0 Å². The number of nitrogens with zero attached hydrogens (tertiary/aromatic N) is 3. The fourth-order valence-corrected chi connectivity index (χ4v) is 7.24. The van der Waals surface area contributed by atoms with Crippen LogP contribution in [0, 0.1) is 35.8 Å². The lowest BCUT2D eigenvalue weighted by atomic mass is 9.47. The molecule has 4 aromatic carbocycles. The Morgan fingerprint density at radius 2 is 1.48 bits per heavy atom. The molecule has 40 heavy (non-hydrogen) atoms. The zero-order valence-corrected chi connectivity index (χ0v) is 21.9. The first-order chi connectivity index (χ1) is 19.3. The van der Waals surface area contributed by atoms with Crippen molar-refractivity contribution in [1.82, 2.24) is 0 Å². The second-order valence-electron chi connectivity index (χ2n) is 10.8. The molecule has 4 aromatic rings. The molecule has 0 unspecified atom stereocenters. The molecule has 2 bridgehead atoms. The third-order valence-electron chi connectivity index (χ3n) is 8.76. The highest BCUT2D eigenvalue weighted by Gasteiger charge is 2.68. The Morgan fingerprint density at radius 3 is 2.12 bits per heavy atom. The molecular weight excluding hydrogens is 502 g/mol. The van der Waals surface area contributed by atoms with Gasteiger partial charge in [0.05, 0.1) is 27.9 Å². The first-order valence-electron chi connectivity index (χ1n) is 13.3. The van der Waals surface area contributed by atoms with Gasteiger partial charge in [0.15, 0.2) is 0 Å². The highest BCUT2D eigenvalue weighted by atomic mass is 16.6. The monoisotopic (exact) mass is 527 g/mol. The molecule has 1 aliphatic heterocycles. The summed E-state index contributed by atoms with van der Waals surface area (Å²) in [5.74, 6) is -2.16. The number of carbonyl (C=O) groups excluding carboxylic acids is 2. The van der Waals surface area contributed by atoms with Crippen LogP contribution in [-0.2, 0) is 15.0 Å². The van der Waals surface area contributed by atoms with Gasteiger partial charge < -0.3 is 0 Å². The maximum atomic E-state index is 14.5. The topological polar surface area (TPSA) is 92.9 Å². The average Bonchev–Trinajstić information content (AvgIpc) is 3.23. The minimum absolute atomic E-state index is 0.122. The Balaban J connectivity index is 1.51. The number of aryl methyl sites for hydroxylation is 2. The quantitative estimate of drug-likeness (QED) is 0.137. The molecule has 4 aliphatic rings. The Morgan fingerprint density at radius 1 is 0.850 bits per heavy atom. The van der Waals surface area contributed by atoms with Crippen molar-refractivity contribution in [3.05, 3.63) is 134 Å². The summed E-state index contributed by atoms with van der Waals surface area (Å²) in [7, 11) is 0. The molecular formula is C33H25N3O4. The standard InChI is InChI=1S/C33H25N3O4/c1-19-15-16-26(20(2)17-19)35-31(37)29-28-21-9-3-5-11-23(21)33(30(29)32(35)38,24-12-6-4-10-22(24)28)18-34-25-13-7-8-14-27(25)36(39)40/h3-18,28-30H,1-2H3/t28?,29-,30-,33?/m1/s1. The number of carbonyl (C=O) groups is 2. The number of para-hydroxylation sites is 2.